The number of allylic oxidation sites excluding steroid dienone is 4. The molecule has 4 unspecified atom stereocenters. The third-order valence-electron chi connectivity index (χ3n) is 11.4. The zero-order chi connectivity index (χ0) is 47.8. The quantitative estimate of drug-likeness (QED) is 0.146. The average molecular weight is 873 g/mol. The Morgan fingerprint density at radius 3 is 0.924 bits per heavy atom. The molecule has 4 atom stereocenters. The zero-order valence-electron chi connectivity index (χ0n) is 33.1. The van der Waals surface area contributed by atoms with Crippen LogP contribution >= 0.6 is 0 Å². The van der Waals surface area contributed by atoms with Gasteiger partial charge in [-0.1, -0.05) is 24.3 Å². The van der Waals surface area contributed by atoms with E-state index in [1.807, 2.05) is 48.6 Å². The largest absolute Gasteiger partial charge is 0.416 e. The van der Waals surface area contributed by atoms with Gasteiger partial charge in [-0.2, -0.15) is 79.0 Å². The number of nitriles is 10. The molecule has 16 heteroatoms. The lowest BCUT2D eigenvalue weighted by Crippen LogP contribution is -2.16. The summed E-state index contributed by atoms with van der Waals surface area (Å²) in [5, 5.41) is 106. The Hall–Kier alpha value is -9.94. The Balaban J connectivity index is 1.68. The molecule has 0 aromatic heterocycles. The minimum absolute atomic E-state index is 0.00914. The van der Waals surface area contributed by atoms with Crippen LogP contribution in [0.15, 0.2) is 84.9 Å². The van der Waals surface area contributed by atoms with Crippen molar-refractivity contribution in [3.05, 3.63) is 174 Å². The molecule has 5 aromatic carbocycles. The van der Waals surface area contributed by atoms with E-state index in [0.29, 0.717) is 24.3 Å². The first-order chi connectivity index (χ1) is 31.6. The molecule has 2 aliphatic rings. The first-order valence-electron chi connectivity index (χ1n) is 19.0. The van der Waals surface area contributed by atoms with E-state index in [-0.39, 0.29) is 77.9 Å². The Morgan fingerprint density at radius 2 is 0.697 bits per heavy atom. The van der Waals surface area contributed by atoms with E-state index in [1.54, 1.807) is 0 Å². The van der Waals surface area contributed by atoms with Crippen molar-refractivity contribution in [1.82, 2.24) is 0 Å². The molecule has 66 heavy (non-hydrogen) atoms. The Morgan fingerprint density at radius 1 is 0.394 bits per heavy atom. The van der Waals surface area contributed by atoms with Crippen molar-refractivity contribution in [1.29, 1.82) is 52.6 Å². The van der Waals surface area contributed by atoms with Crippen LogP contribution < -0.4 is 0 Å². The first kappa shape index (κ1) is 44.1. The van der Waals surface area contributed by atoms with E-state index >= 15 is 0 Å². The number of fused-ring (bicyclic) bond motifs is 2. The lowest BCUT2D eigenvalue weighted by molar-refractivity contribution is -0.138. The van der Waals surface area contributed by atoms with Gasteiger partial charge in [-0.05, 0) is 105 Å². The number of hydrogen-bond donors (Lipinski definition) is 0. The van der Waals surface area contributed by atoms with Crippen molar-refractivity contribution in [2.45, 2.75) is 36.0 Å². The fourth-order valence-electron chi connectivity index (χ4n) is 8.86. The van der Waals surface area contributed by atoms with Gasteiger partial charge in [0.15, 0.2) is 0 Å². The van der Waals surface area contributed by atoms with Gasteiger partial charge in [0.2, 0.25) is 0 Å². The molecule has 0 aliphatic heterocycles. The molecule has 0 saturated heterocycles. The average Bonchev–Trinajstić information content (AvgIpc) is 3.83. The second-order valence-electron chi connectivity index (χ2n) is 14.8. The topological polar surface area (TPSA) is 238 Å². The smallest absolute Gasteiger partial charge is 0.198 e. The van der Waals surface area contributed by atoms with E-state index in [1.165, 1.54) is 36.4 Å². The molecule has 10 nitrogen and oxygen atoms in total. The van der Waals surface area contributed by atoms with Gasteiger partial charge in [0.05, 0.1) is 104 Å². The third kappa shape index (κ3) is 7.13. The van der Waals surface area contributed by atoms with Crippen LogP contribution in [0.3, 0.4) is 0 Å². The Kier molecular flexibility index (Phi) is 11.2. The Labute approximate surface area is 370 Å². The molecule has 7 rings (SSSR count). The normalized spacial score (nSPS) is 15.6. The van der Waals surface area contributed by atoms with Crippen LogP contribution in [0.1, 0.15) is 113 Å². The summed E-state index contributed by atoms with van der Waals surface area (Å²) < 4.78 is 83.3. The fourth-order valence-corrected chi connectivity index (χ4v) is 8.86. The van der Waals surface area contributed by atoms with E-state index in [4.69, 9.17) is 0 Å². The van der Waals surface area contributed by atoms with Crippen LogP contribution in [0.25, 0.3) is 22.3 Å². The maximum atomic E-state index is 13.9. The van der Waals surface area contributed by atoms with Gasteiger partial charge in [0, 0.05) is 23.0 Å². The van der Waals surface area contributed by atoms with Crippen molar-refractivity contribution in [2.24, 2.45) is 0 Å². The maximum absolute atomic E-state index is 13.9. The number of hydrogen-bond acceptors (Lipinski definition) is 10. The second kappa shape index (κ2) is 16.7. The molecule has 0 heterocycles. The molecular formula is C50H18F6N10. The van der Waals surface area contributed by atoms with Gasteiger partial charge in [0.25, 0.3) is 0 Å². The number of halogens is 6. The summed E-state index contributed by atoms with van der Waals surface area (Å²) in [5.74, 6) is -6.27. The van der Waals surface area contributed by atoms with Gasteiger partial charge in [-0.25, -0.2) is 0 Å². The first-order valence-corrected chi connectivity index (χ1v) is 19.0. The maximum Gasteiger partial charge on any atom is 0.416 e. The van der Waals surface area contributed by atoms with Crippen LogP contribution in [-0.4, -0.2) is 0 Å². The molecule has 0 radical (unpaired) electrons. The number of nitrogens with zero attached hydrogens (tertiary/aromatic N) is 10. The molecule has 0 amide bonds. The predicted octanol–water partition coefficient (Wildman–Crippen LogP) is 10.6. The molecule has 0 spiro atoms. The Bertz CT molecular complexity index is 3180. The van der Waals surface area contributed by atoms with Crippen molar-refractivity contribution in [3.8, 4) is 60.7 Å². The summed E-state index contributed by atoms with van der Waals surface area (Å²) in [6, 6.07) is 34.3. The van der Waals surface area contributed by atoms with Gasteiger partial charge < -0.3 is 0 Å². The summed E-state index contributed by atoms with van der Waals surface area (Å²) in [4.78, 5) is 0. The second-order valence-corrected chi connectivity index (χ2v) is 14.8. The van der Waals surface area contributed by atoms with Crippen molar-refractivity contribution >= 4 is 22.3 Å². The summed E-state index contributed by atoms with van der Waals surface area (Å²) >= 11 is 0. The van der Waals surface area contributed by atoms with Crippen molar-refractivity contribution < 1.29 is 26.3 Å². The number of alkyl halides is 6. The lowest BCUT2D eigenvalue weighted by atomic mass is 9.72. The van der Waals surface area contributed by atoms with Crippen molar-refractivity contribution in [3.63, 3.8) is 0 Å². The summed E-state index contributed by atoms with van der Waals surface area (Å²) in [7, 11) is 0. The van der Waals surface area contributed by atoms with E-state index in [9.17, 15) is 79.0 Å². The fraction of sp³-hybridized carbons (Fsp3) is 0.120. The van der Waals surface area contributed by atoms with Crippen LogP contribution in [0.4, 0.5) is 26.3 Å². The molecule has 5 aromatic rings. The van der Waals surface area contributed by atoms with Crippen LogP contribution in [-0.2, 0) is 12.4 Å². The highest BCUT2D eigenvalue weighted by Gasteiger charge is 2.49. The summed E-state index contributed by atoms with van der Waals surface area (Å²) in [6.07, 6.45) is -9.63. The molecule has 2 aliphatic carbocycles. The monoisotopic (exact) mass is 872 g/mol. The minimum atomic E-state index is -4.82. The third-order valence-corrected chi connectivity index (χ3v) is 11.4. The van der Waals surface area contributed by atoms with Gasteiger partial charge in [-0.3, -0.25) is 0 Å². The summed E-state index contributed by atoms with van der Waals surface area (Å²) in [6.45, 7) is 0. The van der Waals surface area contributed by atoms with E-state index in [2.05, 4.69) is 12.1 Å². The highest BCUT2D eigenvalue weighted by Crippen LogP contribution is 2.62. The van der Waals surface area contributed by atoms with E-state index < -0.39 is 69.4 Å². The van der Waals surface area contributed by atoms with Gasteiger partial charge in [-0.15, -0.1) is 0 Å². The molecule has 0 N–H and O–H groups in total. The molecule has 0 saturated carbocycles. The molecule has 0 bridgehead atoms. The van der Waals surface area contributed by atoms with Gasteiger partial charge in [0.1, 0.15) is 24.3 Å². The summed E-state index contributed by atoms with van der Waals surface area (Å²) in [5.41, 5.74) is -5.74. The highest BCUT2D eigenvalue weighted by molar-refractivity contribution is 6.13. The van der Waals surface area contributed by atoms with E-state index in [0.717, 1.165) is 24.3 Å². The van der Waals surface area contributed by atoms with Gasteiger partial charge >= 0.3 is 12.4 Å². The molecule has 310 valence electrons. The predicted molar refractivity (Wildman–Crippen MR) is 218 cm³/mol. The highest BCUT2D eigenvalue weighted by atomic mass is 19.4. The molecule has 0 fully saturated rings. The number of rotatable bonds is 6. The van der Waals surface area contributed by atoms with Crippen LogP contribution in [0.2, 0.25) is 0 Å². The lowest BCUT2D eigenvalue weighted by Gasteiger charge is -2.27. The standard InChI is InChI=1S/C50H18F6N10/c51-49(52,53)33-5-1-29(2-6-33)41-37(21-63)43-39(23-65)48-44(40(24-66)47(43)45(41)35(19-61)31-11-25(15-57)9-26(12-31)16-58)38(22-64)42(30-3-7-34(8-4-30)50(54,55)56)46(48)36(20-62)32-13-27(17-59)10-28(14-32)18-60/h1-14,35-36,45-46H. The zero-order valence-corrected chi connectivity index (χ0v) is 33.1. The van der Waals surface area contributed by atoms with Crippen molar-refractivity contribution in [2.75, 3.05) is 0 Å². The number of benzene rings is 5. The van der Waals surface area contributed by atoms with Crippen LogP contribution in [0.5, 0.6) is 0 Å². The molecular weight excluding hydrogens is 855 g/mol. The van der Waals surface area contributed by atoms with Crippen LogP contribution in [0, 0.1) is 113 Å². The SMILES string of the molecule is N#CC1=C(c2ccc(C(F)(F)F)cc2)C(C(C#N)c2cc(C#N)cc(C#N)c2)c2c(C#N)c3c(c(C#N)c21)C(C(C#N)c1cc(C#N)cc(C#N)c1)C(c1ccc(C(F)(F)F)cc1)=C3C#N. The minimum Gasteiger partial charge on any atom is -0.198 e.